The van der Waals surface area contributed by atoms with E-state index in [0.29, 0.717) is 6.42 Å². The van der Waals surface area contributed by atoms with Crippen LogP contribution >= 0.6 is 27.3 Å². The number of pyridine rings is 1. The second-order valence-corrected chi connectivity index (χ2v) is 5.37. The van der Waals surface area contributed by atoms with E-state index in [-0.39, 0.29) is 11.9 Å². The number of hydrogen-bond donors (Lipinski definition) is 2. The van der Waals surface area contributed by atoms with Crippen LogP contribution in [0.1, 0.15) is 16.6 Å². The predicted octanol–water partition coefficient (Wildman–Crippen LogP) is 2.79. The second kappa shape index (κ2) is 5.68. The number of nitrogens with one attached hydrogen (secondary N) is 1. The number of nitrogens with zero attached hydrogens (tertiary/aromatic N) is 1. The number of halogens is 2. The van der Waals surface area contributed by atoms with Crippen LogP contribution < -0.4 is 11.3 Å². The molecule has 3 nitrogen and oxygen atoms in total. The van der Waals surface area contributed by atoms with Crippen LogP contribution in [0, 0.1) is 5.82 Å². The number of rotatable bonds is 4. The number of hydrazine groups is 1. The maximum Gasteiger partial charge on any atom is 0.141 e. The normalized spacial score (nSPS) is 12.6. The Morgan fingerprint density at radius 1 is 1.47 bits per heavy atom. The molecule has 0 bridgehead atoms. The first-order chi connectivity index (χ1) is 8.20. The summed E-state index contributed by atoms with van der Waals surface area (Å²) in [4.78, 5) is 5.21. The number of hydrogen-bond acceptors (Lipinski definition) is 4. The molecule has 90 valence electrons. The second-order valence-electron chi connectivity index (χ2n) is 3.52. The van der Waals surface area contributed by atoms with Crippen molar-refractivity contribution in [2.75, 3.05) is 0 Å². The molecule has 0 aromatic carbocycles. The lowest BCUT2D eigenvalue weighted by Crippen LogP contribution is -2.30. The van der Waals surface area contributed by atoms with Gasteiger partial charge in [-0.3, -0.25) is 16.3 Å². The Balaban J connectivity index is 2.17. The summed E-state index contributed by atoms with van der Waals surface area (Å²) in [6.07, 6.45) is 1.91. The fraction of sp³-hybridized carbons (Fsp3) is 0.182. The third kappa shape index (κ3) is 3.10. The van der Waals surface area contributed by atoms with Gasteiger partial charge in [-0.05, 0) is 39.5 Å². The van der Waals surface area contributed by atoms with E-state index in [0.717, 1.165) is 10.2 Å². The lowest BCUT2D eigenvalue weighted by atomic mass is 10.1. The van der Waals surface area contributed by atoms with Gasteiger partial charge in [0, 0.05) is 15.8 Å². The Morgan fingerprint density at radius 3 is 2.82 bits per heavy atom. The molecule has 0 spiro atoms. The van der Waals surface area contributed by atoms with Gasteiger partial charge in [0.05, 0.1) is 17.9 Å². The van der Waals surface area contributed by atoms with E-state index in [1.54, 1.807) is 17.4 Å². The molecule has 0 radical (unpaired) electrons. The minimum absolute atomic E-state index is 0.120. The van der Waals surface area contributed by atoms with Crippen molar-refractivity contribution in [3.8, 4) is 0 Å². The van der Waals surface area contributed by atoms with E-state index in [9.17, 15) is 4.39 Å². The lowest BCUT2D eigenvalue weighted by molar-refractivity contribution is 0.535. The van der Waals surface area contributed by atoms with E-state index in [4.69, 9.17) is 5.84 Å². The minimum Gasteiger partial charge on any atom is -0.271 e. The Hall–Kier alpha value is -0.820. The summed E-state index contributed by atoms with van der Waals surface area (Å²) in [5, 5.41) is 2.01. The molecule has 0 aliphatic carbocycles. The van der Waals surface area contributed by atoms with Crippen molar-refractivity contribution in [3.05, 3.63) is 50.6 Å². The molecule has 2 aromatic heterocycles. The van der Waals surface area contributed by atoms with Gasteiger partial charge < -0.3 is 0 Å². The molecule has 2 heterocycles. The molecule has 0 fully saturated rings. The van der Waals surface area contributed by atoms with Crippen LogP contribution in [0.5, 0.6) is 0 Å². The summed E-state index contributed by atoms with van der Waals surface area (Å²) in [5.41, 5.74) is 3.43. The topological polar surface area (TPSA) is 50.9 Å². The minimum atomic E-state index is -0.346. The summed E-state index contributed by atoms with van der Waals surface area (Å²) >= 11 is 5.12. The van der Waals surface area contributed by atoms with Gasteiger partial charge in [-0.2, -0.15) is 0 Å². The standard InChI is InChI=1S/C11H11BrFN3S/c12-8-3-4-17-11(8)5-10(16-14)9-2-1-7(13)6-15-9/h1-4,6,10,16H,5,14H2. The van der Waals surface area contributed by atoms with Crippen LogP contribution in [0.2, 0.25) is 0 Å². The predicted molar refractivity (Wildman–Crippen MR) is 70.0 cm³/mol. The first kappa shape index (κ1) is 12.6. The Labute approximate surface area is 111 Å². The third-order valence-corrected chi connectivity index (χ3v) is 4.34. The van der Waals surface area contributed by atoms with Crippen LogP contribution in [-0.4, -0.2) is 4.98 Å². The van der Waals surface area contributed by atoms with Crippen molar-refractivity contribution in [2.24, 2.45) is 5.84 Å². The molecule has 1 atom stereocenters. The maximum atomic E-state index is 12.8. The summed E-state index contributed by atoms with van der Waals surface area (Å²) in [7, 11) is 0. The molecule has 2 aromatic rings. The van der Waals surface area contributed by atoms with E-state index < -0.39 is 0 Å². The van der Waals surface area contributed by atoms with Crippen molar-refractivity contribution in [3.63, 3.8) is 0 Å². The van der Waals surface area contributed by atoms with Crippen molar-refractivity contribution < 1.29 is 4.39 Å². The van der Waals surface area contributed by atoms with Crippen LogP contribution in [-0.2, 0) is 6.42 Å². The monoisotopic (exact) mass is 315 g/mol. The molecule has 0 saturated heterocycles. The van der Waals surface area contributed by atoms with Crippen LogP contribution in [0.25, 0.3) is 0 Å². The number of thiophene rings is 1. The fourth-order valence-corrected chi connectivity index (χ4v) is 3.06. The van der Waals surface area contributed by atoms with Crippen LogP contribution in [0.15, 0.2) is 34.2 Å². The molecule has 0 aliphatic heterocycles. The molecular formula is C11H11BrFN3S. The zero-order chi connectivity index (χ0) is 12.3. The molecule has 1 unspecified atom stereocenters. The Morgan fingerprint density at radius 2 is 2.29 bits per heavy atom. The van der Waals surface area contributed by atoms with Gasteiger partial charge in [0.1, 0.15) is 5.82 Å². The highest BCUT2D eigenvalue weighted by Gasteiger charge is 2.14. The van der Waals surface area contributed by atoms with Gasteiger partial charge in [0.2, 0.25) is 0 Å². The summed E-state index contributed by atoms with van der Waals surface area (Å²) < 4.78 is 13.8. The van der Waals surface area contributed by atoms with Crippen molar-refractivity contribution >= 4 is 27.3 Å². The molecule has 17 heavy (non-hydrogen) atoms. The zero-order valence-electron chi connectivity index (χ0n) is 8.86. The largest absolute Gasteiger partial charge is 0.271 e. The quantitative estimate of drug-likeness (QED) is 0.674. The summed E-state index contributed by atoms with van der Waals surface area (Å²) in [5.74, 6) is 5.17. The smallest absolute Gasteiger partial charge is 0.141 e. The van der Waals surface area contributed by atoms with Crippen LogP contribution in [0.4, 0.5) is 4.39 Å². The molecule has 6 heteroatoms. The highest BCUT2D eigenvalue weighted by atomic mass is 79.9. The highest BCUT2D eigenvalue weighted by Crippen LogP contribution is 2.27. The number of aromatic nitrogens is 1. The first-order valence-corrected chi connectivity index (χ1v) is 6.67. The van der Waals surface area contributed by atoms with Gasteiger partial charge in [0.25, 0.3) is 0 Å². The summed E-state index contributed by atoms with van der Waals surface area (Å²) in [6.45, 7) is 0. The average molecular weight is 316 g/mol. The molecule has 3 N–H and O–H groups in total. The van der Waals surface area contributed by atoms with Crippen molar-refractivity contribution in [2.45, 2.75) is 12.5 Å². The van der Waals surface area contributed by atoms with Gasteiger partial charge in [-0.1, -0.05) is 0 Å². The van der Waals surface area contributed by atoms with Gasteiger partial charge in [-0.15, -0.1) is 11.3 Å². The SMILES string of the molecule is NNC(Cc1sccc1Br)c1ccc(F)cn1. The van der Waals surface area contributed by atoms with E-state index in [1.807, 2.05) is 11.4 Å². The highest BCUT2D eigenvalue weighted by molar-refractivity contribution is 9.10. The molecule has 0 aliphatic rings. The molecule has 0 saturated carbocycles. The third-order valence-electron chi connectivity index (χ3n) is 2.39. The Kier molecular flexibility index (Phi) is 4.22. The fourth-order valence-electron chi connectivity index (χ4n) is 1.50. The summed E-state index contributed by atoms with van der Waals surface area (Å²) in [6, 6.07) is 4.90. The molecular weight excluding hydrogens is 305 g/mol. The van der Waals surface area contributed by atoms with Crippen molar-refractivity contribution in [1.82, 2.24) is 10.4 Å². The molecule has 0 amide bonds. The van der Waals surface area contributed by atoms with E-state index in [2.05, 4.69) is 26.3 Å². The molecule has 2 rings (SSSR count). The zero-order valence-corrected chi connectivity index (χ0v) is 11.3. The van der Waals surface area contributed by atoms with Crippen LogP contribution in [0.3, 0.4) is 0 Å². The van der Waals surface area contributed by atoms with Crippen molar-refractivity contribution in [1.29, 1.82) is 0 Å². The Bertz CT molecular complexity index is 486. The number of nitrogens with two attached hydrogens (primary N) is 1. The maximum absolute atomic E-state index is 12.8. The average Bonchev–Trinajstić information content (AvgIpc) is 2.73. The van der Waals surface area contributed by atoms with Gasteiger partial charge in [-0.25, -0.2) is 4.39 Å². The van der Waals surface area contributed by atoms with Gasteiger partial charge >= 0.3 is 0 Å². The van der Waals surface area contributed by atoms with E-state index >= 15 is 0 Å². The van der Waals surface area contributed by atoms with Gasteiger partial charge in [0.15, 0.2) is 0 Å². The van der Waals surface area contributed by atoms with E-state index in [1.165, 1.54) is 17.1 Å². The first-order valence-electron chi connectivity index (χ1n) is 5.00. The lowest BCUT2D eigenvalue weighted by Gasteiger charge is -2.14.